The van der Waals surface area contributed by atoms with Gasteiger partial charge in [0.05, 0.1) is 22.2 Å². The van der Waals surface area contributed by atoms with Gasteiger partial charge in [0.15, 0.2) is 0 Å². The van der Waals surface area contributed by atoms with Crippen LogP contribution in [0.4, 0.5) is 0 Å². The minimum atomic E-state index is -0.283. The zero-order chi connectivity index (χ0) is 23.8. The number of aliphatic hydroxyl groups is 1. The molecule has 31 heavy (non-hydrogen) atoms. The van der Waals surface area contributed by atoms with E-state index in [-0.39, 0.29) is 12.0 Å². The summed E-state index contributed by atoms with van der Waals surface area (Å²) in [7, 11) is 0. The second kappa shape index (κ2) is 16.4. The molecule has 1 unspecified atom stereocenters. The Kier molecular flexibility index (Phi) is 15.3. The monoisotopic (exact) mass is 449 g/mol. The van der Waals surface area contributed by atoms with Crippen molar-refractivity contribution in [3.63, 3.8) is 0 Å². The summed E-state index contributed by atoms with van der Waals surface area (Å²) in [5, 5.41) is 11.6. The van der Waals surface area contributed by atoms with Gasteiger partial charge in [0.2, 0.25) is 12.3 Å². The van der Waals surface area contributed by atoms with Crippen molar-refractivity contribution in [2.24, 2.45) is 5.92 Å². The van der Waals surface area contributed by atoms with Crippen molar-refractivity contribution in [3.8, 4) is 10.4 Å². The van der Waals surface area contributed by atoms with Crippen molar-refractivity contribution in [2.45, 2.75) is 67.5 Å². The molecule has 2 aromatic rings. The number of aromatic nitrogens is 1. The largest absolute Gasteiger partial charge is 0.391 e. The van der Waals surface area contributed by atoms with E-state index in [0.29, 0.717) is 19.5 Å². The van der Waals surface area contributed by atoms with Crippen LogP contribution in [0, 0.1) is 12.8 Å². The zero-order valence-corrected chi connectivity index (χ0v) is 20.8. The van der Waals surface area contributed by atoms with Crippen molar-refractivity contribution >= 4 is 23.7 Å². The molecule has 1 fully saturated rings. The summed E-state index contributed by atoms with van der Waals surface area (Å²) in [5.41, 5.74) is 5.18. The van der Waals surface area contributed by atoms with Gasteiger partial charge in [0.25, 0.3) is 0 Å². The van der Waals surface area contributed by atoms with E-state index in [1.807, 2.05) is 38.4 Å². The lowest BCUT2D eigenvalue weighted by atomic mass is 10.1. The molecular weight excluding hydrogens is 410 g/mol. The SMILES string of the molecule is CC.CC(=O)N1CCC(O)C1.CC(C)C.Cc1ncsc1-c1ccc(CNC=O)cc1. The molecule has 1 aromatic carbocycles. The maximum Gasteiger partial charge on any atom is 0.219 e. The van der Waals surface area contributed by atoms with Crippen LogP contribution in [0.25, 0.3) is 10.4 Å². The van der Waals surface area contributed by atoms with Crippen LogP contribution in [0.1, 0.15) is 59.2 Å². The molecule has 1 saturated heterocycles. The lowest BCUT2D eigenvalue weighted by molar-refractivity contribution is -0.128. The summed E-state index contributed by atoms with van der Waals surface area (Å²) < 4.78 is 0. The third-order valence-electron chi connectivity index (χ3n) is 3.96. The van der Waals surface area contributed by atoms with Crippen LogP contribution >= 0.6 is 11.3 Å². The van der Waals surface area contributed by atoms with Gasteiger partial charge < -0.3 is 15.3 Å². The standard InChI is InChI=1S/C12H12N2OS.C6H11NO2.C4H10.C2H6/c1-9-12(16-8-14-9)11-4-2-10(3-5-11)6-13-7-15;1-5(8)7-3-2-6(9)4-7;1-4(2)3;1-2/h2-5,7-8H,6H2,1H3,(H,13,15);6,9H,2-4H2,1H3;4H,1-3H3;1-2H3. The number of benzene rings is 1. The lowest BCUT2D eigenvalue weighted by Crippen LogP contribution is -2.26. The summed E-state index contributed by atoms with van der Waals surface area (Å²) in [4.78, 5) is 27.9. The third-order valence-corrected chi connectivity index (χ3v) is 4.94. The van der Waals surface area contributed by atoms with Crippen molar-refractivity contribution in [3.05, 3.63) is 41.0 Å². The van der Waals surface area contributed by atoms with Crippen LogP contribution in [-0.2, 0) is 16.1 Å². The molecule has 1 atom stereocenters. The minimum absolute atomic E-state index is 0.0616. The van der Waals surface area contributed by atoms with Gasteiger partial charge in [0, 0.05) is 26.6 Å². The van der Waals surface area contributed by atoms with Gasteiger partial charge in [-0.15, -0.1) is 11.3 Å². The van der Waals surface area contributed by atoms with E-state index in [2.05, 4.69) is 43.2 Å². The first-order valence-corrected chi connectivity index (χ1v) is 11.7. The Labute approximate surface area is 191 Å². The highest BCUT2D eigenvalue weighted by molar-refractivity contribution is 7.13. The predicted octanol–water partition coefficient (Wildman–Crippen LogP) is 4.65. The summed E-state index contributed by atoms with van der Waals surface area (Å²) in [6, 6.07) is 8.15. The van der Waals surface area contributed by atoms with Crippen LogP contribution in [0.3, 0.4) is 0 Å². The summed E-state index contributed by atoms with van der Waals surface area (Å²) in [5.74, 6) is 0.895. The molecule has 7 heteroatoms. The van der Waals surface area contributed by atoms with E-state index in [1.165, 1.54) is 17.4 Å². The van der Waals surface area contributed by atoms with E-state index in [9.17, 15) is 9.59 Å². The number of hydrogen-bond donors (Lipinski definition) is 2. The van der Waals surface area contributed by atoms with Crippen molar-refractivity contribution in [1.29, 1.82) is 0 Å². The molecule has 0 radical (unpaired) electrons. The van der Waals surface area contributed by atoms with Crippen LogP contribution in [0.5, 0.6) is 0 Å². The van der Waals surface area contributed by atoms with Gasteiger partial charge in [0.1, 0.15) is 0 Å². The number of thiazole rings is 1. The fourth-order valence-electron chi connectivity index (χ4n) is 2.54. The molecule has 174 valence electrons. The Hall–Kier alpha value is -2.25. The minimum Gasteiger partial charge on any atom is -0.391 e. The average Bonchev–Trinajstić information content (AvgIpc) is 3.37. The fourth-order valence-corrected chi connectivity index (χ4v) is 3.35. The highest BCUT2D eigenvalue weighted by atomic mass is 32.1. The van der Waals surface area contributed by atoms with Crippen LogP contribution in [-0.4, -0.2) is 46.5 Å². The van der Waals surface area contributed by atoms with Gasteiger partial charge in [-0.2, -0.15) is 0 Å². The molecule has 1 aliphatic rings. The number of nitrogens with one attached hydrogen (secondary N) is 1. The van der Waals surface area contributed by atoms with E-state index in [1.54, 1.807) is 16.2 Å². The zero-order valence-electron chi connectivity index (χ0n) is 20.0. The normalized spacial score (nSPS) is 14.4. The number of aryl methyl sites for hydroxylation is 1. The van der Waals surface area contributed by atoms with Crippen LogP contribution in [0.15, 0.2) is 29.8 Å². The number of amides is 2. The summed E-state index contributed by atoms with van der Waals surface area (Å²) in [6.07, 6.45) is 1.16. The molecule has 6 nitrogen and oxygen atoms in total. The number of aliphatic hydroxyl groups excluding tert-OH is 1. The van der Waals surface area contributed by atoms with Crippen LogP contribution in [0.2, 0.25) is 0 Å². The molecule has 2 amide bonds. The number of carbonyl (C=O) groups excluding carboxylic acids is 2. The number of hydrogen-bond acceptors (Lipinski definition) is 5. The molecule has 0 aliphatic carbocycles. The van der Waals surface area contributed by atoms with Crippen molar-refractivity contribution < 1.29 is 14.7 Å². The molecule has 2 N–H and O–H groups in total. The van der Waals surface area contributed by atoms with Crippen LogP contribution < -0.4 is 5.32 Å². The molecule has 3 rings (SSSR count). The summed E-state index contributed by atoms with van der Waals surface area (Å²) >= 11 is 1.64. The fraction of sp³-hybridized carbons (Fsp3) is 0.542. The smallest absolute Gasteiger partial charge is 0.219 e. The molecule has 0 saturated carbocycles. The Bertz CT molecular complexity index is 742. The third kappa shape index (κ3) is 12.3. The number of nitrogens with zero attached hydrogens (tertiary/aromatic N) is 2. The lowest BCUT2D eigenvalue weighted by Gasteiger charge is -2.10. The molecule has 1 aliphatic heterocycles. The first-order valence-electron chi connectivity index (χ1n) is 10.8. The number of rotatable bonds is 4. The quantitative estimate of drug-likeness (QED) is 0.666. The van der Waals surface area contributed by atoms with Gasteiger partial charge in [-0.05, 0) is 30.4 Å². The van der Waals surface area contributed by atoms with E-state index < -0.39 is 0 Å². The highest BCUT2D eigenvalue weighted by Gasteiger charge is 2.21. The van der Waals surface area contributed by atoms with Crippen molar-refractivity contribution in [1.82, 2.24) is 15.2 Å². The molecule has 2 heterocycles. The van der Waals surface area contributed by atoms with E-state index in [0.717, 1.165) is 30.1 Å². The Balaban J connectivity index is 0.000000506. The van der Waals surface area contributed by atoms with E-state index >= 15 is 0 Å². The maximum atomic E-state index is 10.6. The average molecular weight is 450 g/mol. The van der Waals surface area contributed by atoms with Gasteiger partial charge in [-0.3, -0.25) is 9.59 Å². The number of likely N-dealkylation sites (tertiary alicyclic amines) is 1. The number of carbonyl (C=O) groups is 2. The van der Waals surface area contributed by atoms with Gasteiger partial charge in [-0.25, -0.2) is 4.98 Å². The number of β-amino-alcohol motifs (C(OH)–C–C–N with tert-alkyl or cyclic N) is 1. The second-order valence-electron chi connectivity index (χ2n) is 7.60. The first kappa shape index (κ1) is 28.8. The predicted molar refractivity (Wildman–Crippen MR) is 130 cm³/mol. The molecular formula is C24H39N3O3S. The molecule has 0 spiro atoms. The Morgan fingerprint density at radius 1 is 1.29 bits per heavy atom. The van der Waals surface area contributed by atoms with Gasteiger partial charge >= 0.3 is 0 Å². The first-order chi connectivity index (χ1) is 14.7. The van der Waals surface area contributed by atoms with Crippen molar-refractivity contribution in [2.75, 3.05) is 13.1 Å². The van der Waals surface area contributed by atoms with E-state index in [4.69, 9.17) is 5.11 Å². The Morgan fingerprint density at radius 3 is 2.23 bits per heavy atom. The Morgan fingerprint density at radius 2 is 1.87 bits per heavy atom. The molecule has 1 aromatic heterocycles. The topological polar surface area (TPSA) is 82.5 Å². The maximum absolute atomic E-state index is 10.6. The van der Waals surface area contributed by atoms with Gasteiger partial charge in [-0.1, -0.05) is 58.9 Å². The summed E-state index contributed by atoms with van der Waals surface area (Å²) in [6.45, 7) is 15.9. The molecule has 0 bridgehead atoms. The highest BCUT2D eigenvalue weighted by Crippen LogP contribution is 2.27. The second-order valence-corrected chi connectivity index (χ2v) is 8.46.